The number of imidazole rings is 1. The van der Waals surface area contributed by atoms with Gasteiger partial charge in [-0.1, -0.05) is 30.3 Å². The van der Waals surface area contributed by atoms with E-state index >= 15 is 0 Å². The number of aromatic nitrogens is 2. The first-order valence-corrected chi connectivity index (χ1v) is 11.2. The Bertz CT molecular complexity index is 1620. The highest BCUT2D eigenvalue weighted by Crippen LogP contribution is 2.24. The first-order valence-electron chi connectivity index (χ1n) is 11.2. The molecule has 1 heterocycles. The number of ketones is 1. The van der Waals surface area contributed by atoms with Gasteiger partial charge in [-0.15, -0.1) is 0 Å². The third-order valence-electron chi connectivity index (χ3n) is 5.85. The fraction of sp³-hybridized carbons (Fsp3) is 0.0357. The molecule has 0 aliphatic carbocycles. The van der Waals surface area contributed by atoms with Crippen LogP contribution in [0.3, 0.4) is 0 Å². The van der Waals surface area contributed by atoms with Crippen LogP contribution < -0.4 is 5.32 Å². The van der Waals surface area contributed by atoms with Crippen LogP contribution in [-0.2, 0) is 0 Å². The number of fused-ring (bicyclic) bond motifs is 1. The van der Waals surface area contributed by atoms with Gasteiger partial charge < -0.3 is 10.3 Å². The summed E-state index contributed by atoms with van der Waals surface area (Å²) in [5, 5.41) is 13.8. The second-order valence-corrected chi connectivity index (χ2v) is 8.30. The van der Waals surface area contributed by atoms with Crippen molar-refractivity contribution in [1.29, 1.82) is 0 Å². The van der Waals surface area contributed by atoms with Gasteiger partial charge >= 0.3 is 0 Å². The molecule has 5 rings (SSSR count). The molecule has 0 fully saturated rings. The van der Waals surface area contributed by atoms with Crippen LogP contribution in [0.5, 0.6) is 0 Å². The van der Waals surface area contributed by atoms with E-state index in [0.717, 1.165) is 16.6 Å². The smallest absolute Gasteiger partial charge is 0.272 e. The van der Waals surface area contributed by atoms with E-state index in [1.165, 1.54) is 18.2 Å². The highest BCUT2D eigenvalue weighted by molar-refractivity contribution is 6.10. The molecule has 8 nitrogen and oxygen atoms in total. The number of hydrogen-bond donors (Lipinski definition) is 2. The SMILES string of the molecule is Cc1cc(C(=O)Nc2ccc(-c3nc4ccc(C(=O)c5ccccc5)cc4[nH]3)cc2)ccc1[N+](=O)[O-]. The first-order chi connectivity index (χ1) is 17.4. The zero-order valence-corrected chi connectivity index (χ0v) is 19.2. The highest BCUT2D eigenvalue weighted by atomic mass is 16.6. The number of carbonyl (C=O) groups excluding carboxylic acids is 2. The minimum atomic E-state index is -0.476. The number of aromatic amines is 1. The molecule has 0 bridgehead atoms. The van der Waals surface area contributed by atoms with Gasteiger partial charge in [0.05, 0.1) is 16.0 Å². The third kappa shape index (κ3) is 4.47. The monoisotopic (exact) mass is 476 g/mol. The molecule has 5 aromatic rings. The van der Waals surface area contributed by atoms with E-state index in [0.29, 0.717) is 33.8 Å². The molecule has 0 saturated heterocycles. The largest absolute Gasteiger partial charge is 0.338 e. The average molecular weight is 476 g/mol. The van der Waals surface area contributed by atoms with E-state index in [-0.39, 0.29) is 17.4 Å². The van der Waals surface area contributed by atoms with Gasteiger partial charge in [0.1, 0.15) is 5.82 Å². The van der Waals surface area contributed by atoms with Crippen LogP contribution >= 0.6 is 0 Å². The highest BCUT2D eigenvalue weighted by Gasteiger charge is 2.15. The fourth-order valence-corrected chi connectivity index (χ4v) is 3.96. The van der Waals surface area contributed by atoms with Crippen molar-refractivity contribution < 1.29 is 14.5 Å². The fourth-order valence-electron chi connectivity index (χ4n) is 3.96. The summed E-state index contributed by atoms with van der Waals surface area (Å²) in [5.41, 5.74) is 4.79. The molecule has 2 N–H and O–H groups in total. The summed E-state index contributed by atoms with van der Waals surface area (Å²) < 4.78 is 0. The van der Waals surface area contributed by atoms with Crippen molar-refractivity contribution in [2.75, 3.05) is 5.32 Å². The molecule has 0 spiro atoms. The molecule has 0 saturated carbocycles. The van der Waals surface area contributed by atoms with E-state index in [1.54, 1.807) is 43.3 Å². The van der Waals surface area contributed by atoms with Crippen molar-refractivity contribution in [3.8, 4) is 11.4 Å². The maximum Gasteiger partial charge on any atom is 0.272 e. The molecule has 0 unspecified atom stereocenters. The van der Waals surface area contributed by atoms with E-state index in [2.05, 4.69) is 15.3 Å². The van der Waals surface area contributed by atoms with Gasteiger partial charge in [0, 0.05) is 39.6 Å². The lowest BCUT2D eigenvalue weighted by Crippen LogP contribution is -2.12. The molecule has 4 aromatic carbocycles. The Morgan fingerprint density at radius 2 is 1.58 bits per heavy atom. The number of anilines is 1. The Kier molecular flexibility index (Phi) is 5.83. The third-order valence-corrected chi connectivity index (χ3v) is 5.85. The summed E-state index contributed by atoms with van der Waals surface area (Å²) in [6.07, 6.45) is 0. The quantitative estimate of drug-likeness (QED) is 0.179. The van der Waals surface area contributed by atoms with E-state index in [9.17, 15) is 19.7 Å². The molecule has 36 heavy (non-hydrogen) atoms. The topological polar surface area (TPSA) is 118 Å². The van der Waals surface area contributed by atoms with Crippen LogP contribution in [-0.4, -0.2) is 26.6 Å². The summed E-state index contributed by atoms with van der Waals surface area (Å²) in [4.78, 5) is 43.7. The van der Waals surface area contributed by atoms with Crippen molar-refractivity contribution in [3.05, 3.63) is 123 Å². The average Bonchev–Trinajstić information content (AvgIpc) is 3.32. The Morgan fingerprint density at radius 1 is 0.861 bits per heavy atom. The molecule has 0 radical (unpaired) electrons. The van der Waals surface area contributed by atoms with Gasteiger partial charge in [0.2, 0.25) is 0 Å². The number of amides is 1. The predicted molar refractivity (Wildman–Crippen MR) is 137 cm³/mol. The van der Waals surface area contributed by atoms with E-state index < -0.39 is 4.92 Å². The number of carbonyl (C=O) groups is 2. The lowest BCUT2D eigenvalue weighted by atomic mass is 10.0. The molecule has 8 heteroatoms. The van der Waals surface area contributed by atoms with E-state index in [4.69, 9.17) is 0 Å². The van der Waals surface area contributed by atoms with Crippen LogP contribution in [0.4, 0.5) is 11.4 Å². The number of benzene rings is 4. The Balaban J connectivity index is 1.33. The molecule has 1 aromatic heterocycles. The Labute approximate surface area is 205 Å². The maximum absolute atomic E-state index is 12.8. The van der Waals surface area contributed by atoms with Crippen LogP contribution in [0.15, 0.2) is 91.0 Å². The molecule has 0 aliphatic rings. The number of nitrogens with one attached hydrogen (secondary N) is 2. The normalized spacial score (nSPS) is 10.8. The summed E-state index contributed by atoms with van der Waals surface area (Å²) in [6, 6.07) is 25.9. The molecular weight excluding hydrogens is 456 g/mol. The van der Waals surface area contributed by atoms with Gasteiger partial charge in [-0.25, -0.2) is 4.98 Å². The molecule has 0 atom stereocenters. The molecular formula is C28H20N4O4. The number of nitrogens with zero attached hydrogens (tertiary/aromatic N) is 2. The number of aryl methyl sites for hydroxylation is 1. The number of nitro groups is 1. The number of rotatable bonds is 6. The summed E-state index contributed by atoms with van der Waals surface area (Å²) in [6.45, 7) is 1.59. The predicted octanol–water partition coefficient (Wildman–Crippen LogP) is 5.93. The molecule has 1 amide bonds. The van der Waals surface area contributed by atoms with Crippen molar-refractivity contribution in [3.63, 3.8) is 0 Å². The second-order valence-electron chi connectivity index (χ2n) is 8.30. The van der Waals surface area contributed by atoms with Crippen LogP contribution in [0.1, 0.15) is 31.8 Å². The van der Waals surface area contributed by atoms with Crippen LogP contribution in [0.2, 0.25) is 0 Å². The van der Waals surface area contributed by atoms with Crippen molar-refractivity contribution in [1.82, 2.24) is 9.97 Å². The number of nitro benzene ring substituents is 1. The number of H-pyrrole nitrogens is 1. The van der Waals surface area contributed by atoms with E-state index in [1.807, 2.05) is 36.4 Å². The van der Waals surface area contributed by atoms with Gasteiger partial charge in [-0.05, 0) is 61.5 Å². The van der Waals surface area contributed by atoms with Crippen LogP contribution in [0.25, 0.3) is 22.4 Å². The zero-order chi connectivity index (χ0) is 25.2. The van der Waals surface area contributed by atoms with Gasteiger partial charge in [-0.2, -0.15) is 0 Å². The maximum atomic E-state index is 12.8. The van der Waals surface area contributed by atoms with Gasteiger partial charge in [-0.3, -0.25) is 19.7 Å². The minimum absolute atomic E-state index is 0.0294. The van der Waals surface area contributed by atoms with Crippen molar-refractivity contribution in [2.45, 2.75) is 6.92 Å². The molecule has 0 aliphatic heterocycles. The number of hydrogen-bond acceptors (Lipinski definition) is 5. The lowest BCUT2D eigenvalue weighted by Gasteiger charge is -2.07. The Hall–Kier alpha value is -5.11. The van der Waals surface area contributed by atoms with Crippen molar-refractivity contribution in [2.24, 2.45) is 0 Å². The van der Waals surface area contributed by atoms with Gasteiger partial charge in [0.15, 0.2) is 5.78 Å². The molecule has 176 valence electrons. The summed E-state index contributed by atoms with van der Waals surface area (Å²) >= 11 is 0. The van der Waals surface area contributed by atoms with Crippen molar-refractivity contribution >= 4 is 34.1 Å². The summed E-state index contributed by atoms with van der Waals surface area (Å²) in [5.74, 6) is 0.218. The zero-order valence-electron chi connectivity index (χ0n) is 19.2. The Morgan fingerprint density at radius 3 is 2.28 bits per heavy atom. The van der Waals surface area contributed by atoms with Gasteiger partial charge in [0.25, 0.3) is 11.6 Å². The standard InChI is InChI=1S/C28H20N4O4/c1-17-15-21(10-14-25(17)32(35)36)28(34)29-22-11-7-19(8-12-22)27-30-23-13-9-20(16-24(23)31-27)26(33)18-5-3-2-4-6-18/h2-16H,1H3,(H,29,34)(H,30,31). The summed E-state index contributed by atoms with van der Waals surface area (Å²) in [7, 11) is 0. The second kappa shape index (κ2) is 9.27. The lowest BCUT2D eigenvalue weighted by molar-refractivity contribution is -0.385. The van der Waals surface area contributed by atoms with Crippen LogP contribution in [0, 0.1) is 17.0 Å². The minimum Gasteiger partial charge on any atom is -0.338 e. The first kappa shape index (κ1) is 22.7.